The number of benzene rings is 2. The Morgan fingerprint density at radius 3 is 2.11 bits per heavy atom. The van der Waals surface area contributed by atoms with E-state index in [1.54, 1.807) is 0 Å². The van der Waals surface area contributed by atoms with Crippen LogP contribution in [0.3, 0.4) is 0 Å². The van der Waals surface area contributed by atoms with E-state index in [2.05, 4.69) is 33.4 Å². The third-order valence-corrected chi connectivity index (χ3v) is 3.27. The third kappa shape index (κ3) is 3.31. The van der Waals surface area contributed by atoms with Crippen LogP contribution in [-0.2, 0) is 0 Å². The monoisotopic (exact) mass is 320 g/mol. The summed E-state index contributed by atoms with van der Waals surface area (Å²) >= 11 is 8.39. The number of thiocarbonyl (C=S) groups is 1. The van der Waals surface area contributed by atoms with Crippen LogP contribution in [0.15, 0.2) is 59.1 Å². The molecule has 0 aromatic heterocycles. The molecule has 92 valence electrons. The fraction of sp³-hybridized carbons (Fsp3) is 0.0714. The molecule has 0 aliphatic heterocycles. The SMILES string of the molecule is NC(=S)NC(c1ccccc1)c1ccc(Br)cc1. The van der Waals surface area contributed by atoms with Gasteiger partial charge < -0.3 is 11.1 Å². The van der Waals surface area contributed by atoms with Crippen molar-refractivity contribution in [3.63, 3.8) is 0 Å². The van der Waals surface area contributed by atoms with E-state index < -0.39 is 0 Å². The van der Waals surface area contributed by atoms with Gasteiger partial charge in [0, 0.05) is 4.47 Å². The molecule has 0 heterocycles. The van der Waals surface area contributed by atoms with Gasteiger partial charge in [-0.15, -0.1) is 0 Å². The molecule has 0 aliphatic carbocycles. The van der Waals surface area contributed by atoms with Crippen LogP contribution in [0.2, 0.25) is 0 Å². The van der Waals surface area contributed by atoms with Gasteiger partial charge in [-0.2, -0.15) is 0 Å². The lowest BCUT2D eigenvalue weighted by molar-refractivity contribution is 0.765. The Morgan fingerprint density at radius 2 is 1.56 bits per heavy atom. The minimum absolute atomic E-state index is 0.0169. The second-order valence-electron chi connectivity index (χ2n) is 3.90. The van der Waals surface area contributed by atoms with Gasteiger partial charge >= 0.3 is 0 Å². The average Bonchev–Trinajstić information content (AvgIpc) is 2.38. The van der Waals surface area contributed by atoms with Crippen molar-refractivity contribution in [2.75, 3.05) is 0 Å². The van der Waals surface area contributed by atoms with Crippen molar-refractivity contribution in [3.05, 3.63) is 70.2 Å². The quantitative estimate of drug-likeness (QED) is 0.851. The van der Waals surface area contributed by atoms with E-state index in [0.717, 1.165) is 15.6 Å². The molecule has 0 spiro atoms. The predicted molar refractivity (Wildman–Crippen MR) is 82.3 cm³/mol. The first kappa shape index (κ1) is 13.1. The Kier molecular flexibility index (Phi) is 4.33. The topological polar surface area (TPSA) is 38.0 Å². The maximum Gasteiger partial charge on any atom is 0.164 e. The van der Waals surface area contributed by atoms with E-state index >= 15 is 0 Å². The Hall–Kier alpha value is -1.39. The predicted octanol–water partition coefficient (Wildman–Crippen LogP) is 3.37. The van der Waals surface area contributed by atoms with Gasteiger partial charge in [0.25, 0.3) is 0 Å². The van der Waals surface area contributed by atoms with Crippen molar-refractivity contribution in [1.29, 1.82) is 0 Å². The number of nitrogens with one attached hydrogen (secondary N) is 1. The van der Waals surface area contributed by atoms with Gasteiger partial charge in [-0.05, 0) is 35.5 Å². The van der Waals surface area contributed by atoms with E-state index in [0.29, 0.717) is 5.11 Å². The van der Waals surface area contributed by atoms with Crippen molar-refractivity contribution in [1.82, 2.24) is 5.32 Å². The van der Waals surface area contributed by atoms with Crippen LogP contribution in [0.25, 0.3) is 0 Å². The Balaban J connectivity index is 2.36. The zero-order valence-electron chi connectivity index (χ0n) is 9.64. The molecule has 2 rings (SSSR count). The standard InChI is InChI=1S/C14H13BrN2S/c15-12-8-6-11(7-9-12)13(17-14(16)18)10-4-2-1-3-5-10/h1-9,13H,(H3,16,17,18). The van der Waals surface area contributed by atoms with Crippen LogP contribution in [-0.4, -0.2) is 5.11 Å². The lowest BCUT2D eigenvalue weighted by Gasteiger charge is -2.19. The van der Waals surface area contributed by atoms with Gasteiger partial charge in [0.15, 0.2) is 5.11 Å². The lowest BCUT2D eigenvalue weighted by atomic mass is 9.99. The molecule has 0 radical (unpaired) electrons. The summed E-state index contributed by atoms with van der Waals surface area (Å²) in [7, 11) is 0. The van der Waals surface area contributed by atoms with Gasteiger partial charge in [-0.25, -0.2) is 0 Å². The molecule has 0 saturated carbocycles. The summed E-state index contributed by atoms with van der Waals surface area (Å²) in [6.07, 6.45) is 0. The second-order valence-corrected chi connectivity index (χ2v) is 5.26. The van der Waals surface area contributed by atoms with Crippen molar-refractivity contribution < 1.29 is 0 Å². The van der Waals surface area contributed by atoms with Crippen LogP contribution in [0.1, 0.15) is 17.2 Å². The fourth-order valence-corrected chi connectivity index (χ4v) is 2.18. The van der Waals surface area contributed by atoms with Crippen LogP contribution in [0.5, 0.6) is 0 Å². The van der Waals surface area contributed by atoms with Crippen LogP contribution in [0, 0.1) is 0 Å². The summed E-state index contributed by atoms with van der Waals surface area (Å²) in [5, 5.41) is 3.42. The highest BCUT2D eigenvalue weighted by Crippen LogP contribution is 2.23. The van der Waals surface area contributed by atoms with Crippen LogP contribution < -0.4 is 11.1 Å². The molecular formula is C14H13BrN2S. The van der Waals surface area contributed by atoms with Crippen molar-refractivity contribution in [2.24, 2.45) is 5.73 Å². The fourth-order valence-electron chi connectivity index (χ4n) is 1.80. The summed E-state index contributed by atoms with van der Waals surface area (Å²) in [5.74, 6) is 0. The first-order chi connectivity index (χ1) is 8.66. The van der Waals surface area contributed by atoms with Crippen molar-refractivity contribution in [3.8, 4) is 0 Å². The zero-order chi connectivity index (χ0) is 13.0. The van der Waals surface area contributed by atoms with Crippen LogP contribution in [0.4, 0.5) is 0 Å². The summed E-state index contributed by atoms with van der Waals surface area (Å²) in [6.45, 7) is 0. The maximum atomic E-state index is 5.61. The molecule has 3 N–H and O–H groups in total. The number of halogens is 1. The first-order valence-electron chi connectivity index (χ1n) is 5.53. The summed E-state index contributed by atoms with van der Waals surface area (Å²) in [4.78, 5) is 0. The lowest BCUT2D eigenvalue weighted by Crippen LogP contribution is -2.33. The van der Waals surface area contributed by atoms with Crippen molar-refractivity contribution in [2.45, 2.75) is 6.04 Å². The minimum Gasteiger partial charge on any atom is -0.376 e. The molecule has 0 aliphatic rings. The van der Waals surface area contributed by atoms with E-state index in [1.807, 2.05) is 42.5 Å². The smallest absolute Gasteiger partial charge is 0.164 e. The molecular weight excluding hydrogens is 308 g/mol. The average molecular weight is 321 g/mol. The van der Waals surface area contributed by atoms with E-state index in [-0.39, 0.29) is 6.04 Å². The van der Waals surface area contributed by atoms with Gasteiger partial charge in [-0.3, -0.25) is 0 Å². The zero-order valence-corrected chi connectivity index (χ0v) is 12.0. The van der Waals surface area contributed by atoms with E-state index in [9.17, 15) is 0 Å². The van der Waals surface area contributed by atoms with E-state index in [1.165, 1.54) is 0 Å². The molecule has 2 aromatic carbocycles. The molecule has 1 unspecified atom stereocenters. The molecule has 0 saturated heterocycles. The van der Waals surface area contributed by atoms with Crippen molar-refractivity contribution >= 4 is 33.3 Å². The molecule has 1 atom stereocenters. The number of hydrogen-bond donors (Lipinski definition) is 2. The van der Waals surface area contributed by atoms with Gasteiger partial charge in [-0.1, -0.05) is 58.4 Å². The highest BCUT2D eigenvalue weighted by Gasteiger charge is 2.13. The maximum absolute atomic E-state index is 5.61. The van der Waals surface area contributed by atoms with Gasteiger partial charge in [0.1, 0.15) is 0 Å². The molecule has 0 bridgehead atoms. The summed E-state index contributed by atoms with van der Waals surface area (Å²) < 4.78 is 1.05. The molecule has 0 amide bonds. The Morgan fingerprint density at radius 1 is 1.00 bits per heavy atom. The van der Waals surface area contributed by atoms with Gasteiger partial charge in [0.05, 0.1) is 6.04 Å². The highest BCUT2D eigenvalue weighted by molar-refractivity contribution is 9.10. The van der Waals surface area contributed by atoms with E-state index in [4.69, 9.17) is 18.0 Å². The number of hydrogen-bond acceptors (Lipinski definition) is 1. The molecule has 2 nitrogen and oxygen atoms in total. The Labute approximate surface area is 120 Å². The minimum atomic E-state index is -0.0169. The number of rotatable bonds is 3. The normalized spacial score (nSPS) is 11.8. The molecule has 2 aromatic rings. The molecule has 0 fully saturated rings. The summed E-state index contributed by atoms with van der Waals surface area (Å²) in [6, 6.07) is 18.2. The third-order valence-electron chi connectivity index (χ3n) is 2.62. The highest BCUT2D eigenvalue weighted by atomic mass is 79.9. The largest absolute Gasteiger partial charge is 0.376 e. The summed E-state index contributed by atoms with van der Waals surface area (Å²) in [5.41, 5.74) is 7.86. The number of nitrogens with two attached hydrogens (primary N) is 1. The van der Waals surface area contributed by atoms with Crippen LogP contribution >= 0.6 is 28.1 Å². The second kappa shape index (κ2) is 5.98. The molecule has 18 heavy (non-hydrogen) atoms. The first-order valence-corrected chi connectivity index (χ1v) is 6.73. The van der Waals surface area contributed by atoms with Gasteiger partial charge in [0.2, 0.25) is 0 Å². The Bertz CT molecular complexity index is 525. The molecule has 4 heteroatoms.